The third-order valence-electron chi connectivity index (χ3n) is 4.18. The van der Waals surface area contributed by atoms with Gasteiger partial charge in [-0.3, -0.25) is 4.79 Å². The van der Waals surface area contributed by atoms with Crippen molar-refractivity contribution in [2.75, 3.05) is 6.54 Å². The third-order valence-corrected chi connectivity index (χ3v) is 5.36. The van der Waals surface area contributed by atoms with Gasteiger partial charge in [0.15, 0.2) is 0 Å². The van der Waals surface area contributed by atoms with Crippen LogP contribution in [0, 0.1) is 0 Å². The van der Waals surface area contributed by atoms with Crippen molar-refractivity contribution in [3.05, 3.63) is 93.1 Å². The van der Waals surface area contributed by atoms with E-state index in [1.54, 1.807) is 11.3 Å². The van der Waals surface area contributed by atoms with E-state index in [9.17, 15) is 4.79 Å². The minimum atomic E-state index is -0.132. The fourth-order valence-corrected chi connectivity index (χ4v) is 3.77. The maximum atomic E-state index is 12.5. The van der Waals surface area contributed by atoms with Gasteiger partial charge in [0.2, 0.25) is 5.91 Å². The molecule has 0 aliphatic rings. The van der Waals surface area contributed by atoms with Crippen molar-refractivity contribution in [2.45, 2.75) is 19.0 Å². The van der Waals surface area contributed by atoms with Crippen LogP contribution in [0.3, 0.4) is 0 Å². The molecule has 0 unspecified atom stereocenters. The highest BCUT2D eigenvalue weighted by molar-refractivity contribution is 7.10. The number of carbonyl (C=O) groups is 1. The first-order valence-electron chi connectivity index (χ1n) is 8.50. The van der Waals surface area contributed by atoms with E-state index in [4.69, 9.17) is 11.6 Å². The van der Waals surface area contributed by atoms with E-state index < -0.39 is 0 Å². The molecule has 1 heterocycles. The van der Waals surface area contributed by atoms with E-state index in [0.29, 0.717) is 5.02 Å². The van der Waals surface area contributed by atoms with Crippen LogP contribution in [0.15, 0.2) is 72.1 Å². The summed E-state index contributed by atoms with van der Waals surface area (Å²) in [5.41, 5.74) is 2.13. The summed E-state index contributed by atoms with van der Waals surface area (Å²) in [6, 6.07) is 21.6. The molecule has 26 heavy (non-hydrogen) atoms. The van der Waals surface area contributed by atoms with E-state index in [0.717, 1.165) is 16.0 Å². The minimum absolute atomic E-state index is 0.0383. The summed E-state index contributed by atoms with van der Waals surface area (Å²) in [4.78, 5) is 13.6. The number of rotatable bonds is 7. The van der Waals surface area contributed by atoms with Crippen LogP contribution in [0.4, 0.5) is 0 Å². The Hall–Kier alpha value is -2.14. The molecule has 1 aromatic heterocycles. The van der Waals surface area contributed by atoms with E-state index in [1.165, 1.54) is 0 Å². The molecule has 1 amide bonds. The van der Waals surface area contributed by atoms with Crippen molar-refractivity contribution in [2.24, 2.45) is 0 Å². The smallest absolute Gasteiger partial charge is 0.234 e. The molecule has 0 saturated carbocycles. The molecule has 5 heteroatoms. The predicted octanol–water partition coefficient (Wildman–Crippen LogP) is 4.96. The van der Waals surface area contributed by atoms with Gasteiger partial charge in [-0.2, -0.15) is 0 Å². The molecule has 0 spiro atoms. The number of amides is 1. The van der Waals surface area contributed by atoms with Crippen molar-refractivity contribution < 1.29 is 4.79 Å². The van der Waals surface area contributed by atoms with Gasteiger partial charge in [-0.1, -0.05) is 60.1 Å². The normalized spacial score (nSPS) is 13.2. The molecular weight excluding hydrogens is 364 g/mol. The molecule has 0 aliphatic heterocycles. The zero-order chi connectivity index (χ0) is 18.4. The zero-order valence-electron chi connectivity index (χ0n) is 14.5. The Morgan fingerprint density at radius 1 is 1.04 bits per heavy atom. The Bertz CT molecular complexity index is 836. The first-order valence-corrected chi connectivity index (χ1v) is 9.76. The molecule has 0 radical (unpaired) electrons. The number of halogens is 1. The summed E-state index contributed by atoms with van der Waals surface area (Å²) in [5, 5.41) is 9.12. The maximum Gasteiger partial charge on any atom is 0.234 e. The molecule has 0 bridgehead atoms. The molecule has 0 fully saturated rings. The molecule has 2 aromatic carbocycles. The van der Waals surface area contributed by atoms with E-state index >= 15 is 0 Å². The minimum Gasteiger partial charge on any atom is -0.343 e. The fourth-order valence-electron chi connectivity index (χ4n) is 2.77. The lowest BCUT2D eigenvalue weighted by atomic mass is 10.1. The van der Waals surface area contributed by atoms with Gasteiger partial charge < -0.3 is 10.6 Å². The van der Waals surface area contributed by atoms with Crippen molar-refractivity contribution in [1.29, 1.82) is 0 Å². The Kier molecular flexibility index (Phi) is 6.45. The van der Waals surface area contributed by atoms with E-state index in [2.05, 4.69) is 10.6 Å². The molecule has 0 saturated heterocycles. The van der Waals surface area contributed by atoms with Crippen LogP contribution in [-0.2, 0) is 4.79 Å². The van der Waals surface area contributed by atoms with Crippen molar-refractivity contribution in [3.63, 3.8) is 0 Å². The van der Waals surface area contributed by atoms with Gasteiger partial charge in [0.1, 0.15) is 0 Å². The van der Waals surface area contributed by atoms with Gasteiger partial charge >= 0.3 is 0 Å². The Labute approximate surface area is 163 Å². The van der Waals surface area contributed by atoms with E-state index in [1.807, 2.05) is 79.0 Å². The molecule has 0 aliphatic carbocycles. The average molecular weight is 385 g/mol. The van der Waals surface area contributed by atoms with Crippen molar-refractivity contribution in [1.82, 2.24) is 10.6 Å². The van der Waals surface area contributed by atoms with Crippen molar-refractivity contribution in [3.8, 4) is 0 Å². The number of benzene rings is 2. The van der Waals surface area contributed by atoms with Gasteiger partial charge in [0.25, 0.3) is 0 Å². The summed E-state index contributed by atoms with van der Waals surface area (Å²) in [6.07, 6.45) is 0. The summed E-state index contributed by atoms with van der Waals surface area (Å²) in [5.74, 6) is -0.0406. The van der Waals surface area contributed by atoms with Crippen LogP contribution < -0.4 is 10.6 Å². The quantitative estimate of drug-likeness (QED) is 0.604. The molecule has 3 aromatic rings. The fraction of sp³-hybridized carbons (Fsp3) is 0.190. The van der Waals surface area contributed by atoms with Gasteiger partial charge in [-0.05, 0) is 41.6 Å². The number of nitrogens with one attached hydrogen (secondary N) is 2. The van der Waals surface area contributed by atoms with E-state index in [-0.39, 0.29) is 24.5 Å². The summed E-state index contributed by atoms with van der Waals surface area (Å²) in [6.45, 7) is 2.26. The molecular formula is C21H21ClN2OS. The summed E-state index contributed by atoms with van der Waals surface area (Å²) >= 11 is 7.68. The first kappa shape index (κ1) is 18.6. The zero-order valence-corrected chi connectivity index (χ0v) is 16.1. The topological polar surface area (TPSA) is 41.1 Å². The van der Waals surface area contributed by atoms with Gasteiger partial charge in [-0.25, -0.2) is 0 Å². The van der Waals surface area contributed by atoms with Crippen LogP contribution in [0.2, 0.25) is 5.02 Å². The third kappa shape index (κ3) is 4.94. The average Bonchev–Trinajstić information content (AvgIpc) is 3.19. The predicted molar refractivity (Wildman–Crippen MR) is 109 cm³/mol. The van der Waals surface area contributed by atoms with Crippen LogP contribution >= 0.6 is 22.9 Å². The van der Waals surface area contributed by atoms with Gasteiger partial charge in [-0.15, -0.1) is 11.3 Å². The number of thiophene rings is 1. The van der Waals surface area contributed by atoms with Crippen LogP contribution in [0.5, 0.6) is 0 Å². The molecule has 2 N–H and O–H groups in total. The Morgan fingerprint density at radius 3 is 2.50 bits per heavy atom. The van der Waals surface area contributed by atoms with Crippen LogP contribution in [0.1, 0.15) is 35.0 Å². The lowest BCUT2D eigenvalue weighted by Crippen LogP contribution is -2.37. The Morgan fingerprint density at radius 2 is 1.81 bits per heavy atom. The monoisotopic (exact) mass is 384 g/mol. The highest BCUT2D eigenvalue weighted by Gasteiger charge is 2.18. The standard InChI is InChI=1S/C21H21ClN2OS/c1-15(17-9-5-10-18(22)13-17)23-14-20(25)24-21(19-11-6-12-26-19)16-7-3-2-4-8-16/h2-13,15,21,23H,14H2,1H3,(H,24,25)/t15-,21-/m0/s1. The van der Waals surface area contributed by atoms with Crippen LogP contribution in [0.25, 0.3) is 0 Å². The number of carbonyl (C=O) groups excluding carboxylic acids is 1. The number of hydrogen-bond donors (Lipinski definition) is 2. The van der Waals surface area contributed by atoms with Crippen LogP contribution in [-0.4, -0.2) is 12.5 Å². The summed E-state index contributed by atoms with van der Waals surface area (Å²) in [7, 11) is 0. The highest BCUT2D eigenvalue weighted by atomic mass is 35.5. The lowest BCUT2D eigenvalue weighted by molar-refractivity contribution is -0.120. The largest absolute Gasteiger partial charge is 0.343 e. The highest BCUT2D eigenvalue weighted by Crippen LogP contribution is 2.25. The molecule has 3 rings (SSSR count). The van der Waals surface area contributed by atoms with Gasteiger partial charge in [0, 0.05) is 15.9 Å². The SMILES string of the molecule is C[C@H](NCC(=O)N[C@@H](c1ccccc1)c1cccs1)c1cccc(Cl)c1. The lowest BCUT2D eigenvalue weighted by Gasteiger charge is -2.20. The summed E-state index contributed by atoms with van der Waals surface area (Å²) < 4.78 is 0. The van der Waals surface area contributed by atoms with Gasteiger partial charge in [0.05, 0.1) is 12.6 Å². The second-order valence-electron chi connectivity index (χ2n) is 6.08. The maximum absolute atomic E-state index is 12.5. The molecule has 2 atom stereocenters. The molecule has 3 nitrogen and oxygen atoms in total. The number of hydrogen-bond acceptors (Lipinski definition) is 3. The second-order valence-corrected chi connectivity index (χ2v) is 7.50. The first-order chi connectivity index (χ1) is 12.6. The Balaban J connectivity index is 1.63. The van der Waals surface area contributed by atoms with Crippen molar-refractivity contribution >= 4 is 28.8 Å². The molecule has 134 valence electrons. The second kappa shape index (κ2) is 8.99.